The van der Waals surface area contributed by atoms with Gasteiger partial charge in [-0.1, -0.05) is 0 Å². The van der Waals surface area contributed by atoms with Gasteiger partial charge in [0.25, 0.3) is 5.91 Å². The Hall–Kier alpha value is -1.46. The van der Waals surface area contributed by atoms with Crippen LogP contribution >= 0.6 is 12.4 Å². The molecule has 108 valence electrons. The molecular weight excluding hydrogens is 268 g/mol. The summed E-state index contributed by atoms with van der Waals surface area (Å²) in [5.74, 6) is 0.974. The fourth-order valence-corrected chi connectivity index (χ4v) is 1.49. The maximum atomic E-state index is 11.9. The Morgan fingerprint density at radius 3 is 2.58 bits per heavy atom. The number of rotatable bonds is 6. The number of hydrogen-bond donors (Lipinski definition) is 2. The fourth-order valence-electron chi connectivity index (χ4n) is 1.49. The molecule has 1 aromatic carbocycles. The average Bonchev–Trinajstić information content (AvgIpc) is 2.37. The molecule has 19 heavy (non-hydrogen) atoms. The van der Waals surface area contributed by atoms with Gasteiger partial charge in [0.2, 0.25) is 0 Å². The van der Waals surface area contributed by atoms with Crippen molar-refractivity contribution in [2.24, 2.45) is 5.73 Å². The van der Waals surface area contributed by atoms with Crippen LogP contribution in [0.5, 0.6) is 11.5 Å². The van der Waals surface area contributed by atoms with Crippen LogP contribution in [0.3, 0.4) is 0 Å². The number of nitrogens with one attached hydrogen (secondary N) is 1. The van der Waals surface area contributed by atoms with Crippen LogP contribution in [-0.2, 0) is 0 Å². The third kappa shape index (κ3) is 5.36. The highest BCUT2D eigenvalue weighted by atomic mass is 35.5. The van der Waals surface area contributed by atoms with Gasteiger partial charge in [0, 0.05) is 18.7 Å². The first-order chi connectivity index (χ1) is 8.58. The van der Waals surface area contributed by atoms with E-state index in [-0.39, 0.29) is 24.4 Å². The average molecular weight is 289 g/mol. The van der Waals surface area contributed by atoms with Crippen LogP contribution in [0.4, 0.5) is 0 Å². The second-order valence-corrected chi connectivity index (χ2v) is 4.09. The van der Waals surface area contributed by atoms with E-state index in [2.05, 4.69) is 5.32 Å². The lowest BCUT2D eigenvalue weighted by molar-refractivity contribution is 0.0949. The Morgan fingerprint density at radius 1 is 1.37 bits per heavy atom. The van der Waals surface area contributed by atoms with Gasteiger partial charge >= 0.3 is 0 Å². The van der Waals surface area contributed by atoms with Crippen molar-refractivity contribution in [2.45, 2.75) is 19.4 Å². The minimum atomic E-state index is -0.171. The summed E-state index contributed by atoms with van der Waals surface area (Å²) in [7, 11) is 3.09. The first kappa shape index (κ1) is 17.5. The Bertz CT molecular complexity index is 411. The van der Waals surface area contributed by atoms with Crippen molar-refractivity contribution < 1.29 is 14.3 Å². The molecular formula is C13H21ClN2O3. The van der Waals surface area contributed by atoms with E-state index in [1.165, 1.54) is 7.11 Å². The summed E-state index contributed by atoms with van der Waals surface area (Å²) in [6, 6.07) is 5.16. The molecule has 0 saturated carbocycles. The zero-order valence-electron chi connectivity index (χ0n) is 11.4. The van der Waals surface area contributed by atoms with Crippen LogP contribution in [0, 0.1) is 0 Å². The van der Waals surface area contributed by atoms with Crippen LogP contribution in [0.25, 0.3) is 0 Å². The van der Waals surface area contributed by atoms with Gasteiger partial charge < -0.3 is 20.5 Å². The Kier molecular flexibility index (Phi) is 7.95. The SMILES string of the molecule is COc1ccc(C(=O)NCCC(C)N)c(OC)c1.Cl. The molecule has 1 unspecified atom stereocenters. The molecule has 0 aliphatic rings. The number of methoxy groups -OCH3 is 2. The summed E-state index contributed by atoms with van der Waals surface area (Å²) in [6.07, 6.45) is 0.740. The summed E-state index contributed by atoms with van der Waals surface area (Å²) >= 11 is 0. The summed E-state index contributed by atoms with van der Waals surface area (Å²) < 4.78 is 10.2. The van der Waals surface area contributed by atoms with Crippen LogP contribution in [0.1, 0.15) is 23.7 Å². The molecule has 1 aromatic rings. The maximum Gasteiger partial charge on any atom is 0.255 e. The predicted molar refractivity (Wildman–Crippen MR) is 77.4 cm³/mol. The number of ether oxygens (including phenoxy) is 2. The Labute approximate surface area is 119 Å². The number of amides is 1. The first-order valence-electron chi connectivity index (χ1n) is 5.84. The molecule has 0 spiro atoms. The normalized spacial score (nSPS) is 11.2. The van der Waals surface area contributed by atoms with Gasteiger partial charge in [0.05, 0.1) is 19.8 Å². The second-order valence-electron chi connectivity index (χ2n) is 4.09. The van der Waals surface area contributed by atoms with Crippen molar-refractivity contribution in [1.82, 2.24) is 5.32 Å². The minimum Gasteiger partial charge on any atom is -0.497 e. The van der Waals surface area contributed by atoms with E-state index in [9.17, 15) is 4.79 Å². The monoisotopic (exact) mass is 288 g/mol. The Morgan fingerprint density at radius 2 is 2.05 bits per heavy atom. The molecule has 0 aliphatic heterocycles. The fraction of sp³-hybridized carbons (Fsp3) is 0.462. The third-order valence-electron chi connectivity index (χ3n) is 2.54. The number of nitrogens with two attached hydrogens (primary N) is 1. The highest BCUT2D eigenvalue weighted by molar-refractivity contribution is 5.97. The maximum absolute atomic E-state index is 11.9. The zero-order valence-corrected chi connectivity index (χ0v) is 12.3. The molecule has 6 heteroatoms. The lowest BCUT2D eigenvalue weighted by Gasteiger charge is -2.11. The predicted octanol–water partition coefficient (Wildman–Crippen LogP) is 1.59. The lowest BCUT2D eigenvalue weighted by Crippen LogP contribution is -2.29. The molecule has 3 N–H and O–H groups in total. The number of carbonyl (C=O) groups excluding carboxylic acids is 1. The van der Waals surface area contributed by atoms with Gasteiger partial charge in [-0.15, -0.1) is 12.4 Å². The Balaban J connectivity index is 0.00000324. The van der Waals surface area contributed by atoms with Gasteiger partial charge in [-0.25, -0.2) is 0 Å². The summed E-state index contributed by atoms with van der Waals surface area (Å²) in [5.41, 5.74) is 6.11. The molecule has 0 saturated heterocycles. The number of hydrogen-bond acceptors (Lipinski definition) is 4. The van der Waals surface area contributed by atoms with Gasteiger partial charge in [-0.2, -0.15) is 0 Å². The summed E-state index contributed by atoms with van der Waals surface area (Å²) in [6.45, 7) is 2.45. The van der Waals surface area contributed by atoms with E-state index >= 15 is 0 Å². The van der Waals surface area contributed by atoms with Gasteiger partial charge in [-0.05, 0) is 25.5 Å². The van der Waals surface area contributed by atoms with Crippen molar-refractivity contribution in [3.05, 3.63) is 23.8 Å². The van der Waals surface area contributed by atoms with E-state index < -0.39 is 0 Å². The van der Waals surface area contributed by atoms with Crippen molar-refractivity contribution in [3.63, 3.8) is 0 Å². The number of halogens is 1. The van der Waals surface area contributed by atoms with Crippen LogP contribution in [0.2, 0.25) is 0 Å². The third-order valence-corrected chi connectivity index (χ3v) is 2.54. The molecule has 0 bridgehead atoms. The molecule has 0 aromatic heterocycles. The molecule has 0 fully saturated rings. The largest absolute Gasteiger partial charge is 0.497 e. The summed E-state index contributed by atoms with van der Waals surface area (Å²) in [5, 5.41) is 2.80. The van der Waals surface area contributed by atoms with Crippen LogP contribution in [-0.4, -0.2) is 32.7 Å². The topological polar surface area (TPSA) is 73.6 Å². The smallest absolute Gasteiger partial charge is 0.255 e. The molecule has 1 atom stereocenters. The van der Waals surface area contributed by atoms with Crippen LogP contribution < -0.4 is 20.5 Å². The standard InChI is InChI=1S/C13H20N2O3.ClH/c1-9(14)6-7-15-13(16)11-5-4-10(17-2)8-12(11)18-3;/h4-5,8-9H,6-7,14H2,1-3H3,(H,15,16);1H. The molecule has 1 amide bonds. The minimum absolute atomic E-state index is 0. The highest BCUT2D eigenvalue weighted by Crippen LogP contribution is 2.24. The second kappa shape index (κ2) is 8.61. The molecule has 0 radical (unpaired) electrons. The van der Waals surface area contributed by atoms with E-state index in [0.717, 1.165) is 6.42 Å². The van der Waals surface area contributed by atoms with Crippen LogP contribution in [0.15, 0.2) is 18.2 Å². The number of benzene rings is 1. The van der Waals surface area contributed by atoms with Crippen molar-refractivity contribution in [3.8, 4) is 11.5 Å². The van der Waals surface area contributed by atoms with Crippen molar-refractivity contribution in [1.29, 1.82) is 0 Å². The van der Waals surface area contributed by atoms with Crippen molar-refractivity contribution >= 4 is 18.3 Å². The quantitative estimate of drug-likeness (QED) is 0.834. The summed E-state index contributed by atoms with van der Waals surface area (Å²) in [4.78, 5) is 11.9. The molecule has 0 aliphatic carbocycles. The zero-order chi connectivity index (χ0) is 13.5. The number of carbonyl (C=O) groups is 1. The van der Waals surface area contributed by atoms with E-state index in [0.29, 0.717) is 23.6 Å². The lowest BCUT2D eigenvalue weighted by atomic mass is 10.1. The highest BCUT2D eigenvalue weighted by Gasteiger charge is 2.12. The first-order valence-corrected chi connectivity index (χ1v) is 5.84. The van der Waals surface area contributed by atoms with Gasteiger partial charge in [0.1, 0.15) is 11.5 Å². The molecule has 0 heterocycles. The van der Waals surface area contributed by atoms with E-state index in [1.807, 2.05) is 6.92 Å². The van der Waals surface area contributed by atoms with E-state index in [4.69, 9.17) is 15.2 Å². The van der Waals surface area contributed by atoms with Gasteiger partial charge in [0.15, 0.2) is 0 Å². The molecule has 1 rings (SSSR count). The van der Waals surface area contributed by atoms with Gasteiger partial charge in [-0.3, -0.25) is 4.79 Å². The molecule has 5 nitrogen and oxygen atoms in total. The van der Waals surface area contributed by atoms with Crippen molar-refractivity contribution in [2.75, 3.05) is 20.8 Å². The van der Waals surface area contributed by atoms with E-state index in [1.54, 1.807) is 25.3 Å².